The molecular weight excluding hydrogens is 458 g/mol. The Bertz CT molecular complexity index is 1440. The average Bonchev–Trinajstić information content (AvgIpc) is 3.24. The SMILES string of the molecule is COc1ccc(CN2C(=O)CCN(c3c(Cc4ccccc4)oc4cc(C(N)=O)ccc34)C2=O)cc1. The Morgan fingerprint density at radius 2 is 1.75 bits per heavy atom. The third-order valence-electron chi connectivity index (χ3n) is 6.31. The molecule has 1 fully saturated rings. The van der Waals surface area contributed by atoms with Gasteiger partial charge in [-0.25, -0.2) is 4.79 Å². The van der Waals surface area contributed by atoms with Crippen molar-refractivity contribution in [1.82, 2.24) is 4.90 Å². The van der Waals surface area contributed by atoms with Crippen LogP contribution in [-0.4, -0.2) is 36.4 Å². The quantitative estimate of drug-likeness (QED) is 0.417. The minimum Gasteiger partial charge on any atom is -0.497 e. The van der Waals surface area contributed by atoms with Gasteiger partial charge in [-0.15, -0.1) is 0 Å². The number of carbonyl (C=O) groups excluding carboxylic acids is 3. The van der Waals surface area contributed by atoms with Gasteiger partial charge in [-0.2, -0.15) is 0 Å². The lowest BCUT2D eigenvalue weighted by molar-refractivity contribution is -0.129. The molecular formula is C28H25N3O5. The van der Waals surface area contributed by atoms with Crippen LogP contribution in [-0.2, 0) is 17.8 Å². The highest BCUT2D eigenvalue weighted by Gasteiger charge is 2.36. The van der Waals surface area contributed by atoms with Crippen LogP contribution in [0.2, 0.25) is 0 Å². The van der Waals surface area contributed by atoms with Crippen molar-refractivity contribution in [2.75, 3.05) is 18.6 Å². The van der Waals surface area contributed by atoms with Gasteiger partial charge in [0.2, 0.25) is 11.8 Å². The smallest absolute Gasteiger partial charge is 0.331 e. The molecule has 0 atom stereocenters. The summed E-state index contributed by atoms with van der Waals surface area (Å²) >= 11 is 0. The van der Waals surface area contributed by atoms with Crippen LogP contribution in [0.5, 0.6) is 5.75 Å². The summed E-state index contributed by atoms with van der Waals surface area (Å²) in [5.74, 6) is 0.470. The van der Waals surface area contributed by atoms with Crippen LogP contribution in [0.1, 0.15) is 33.7 Å². The fourth-order valence-electron chi connectivity index (χ4n) is 4.45. The number of urea groups is 1. The number of rotatable bonds is 7. The van der Waals surface area contributed by atoms with Crippen molar-refractivity contribution < 1.29 is 23.5 Å². The van der Waals surface area contributed by atoms with Crippen LogP contribution in [0.15, 0.2) is 77.2 Å². The molecule has 1 aromatic heterocycles. The number of nitrogens with two attached hydrogens (primary N) is 1. The Balaban J connectivity index is 1.54. The molecule has 0 spiro atoms. The lowest BCUT2D eigenvalue weighted by Crippen LogP contribution is -2.52. The monoisotopic (exact) mass is 483 g/mol. The van der Waals surface area contributed by atoms with E-state index in [1.807, 2.05) is 42.5 Å². The maximum atomic E-state index is 13.7. The number of primary amides is 1. The van der Waals surface area contributed by atoms with Crippen molar-refractivity contribution >= 4 is 34.5 Å². The van der Waals surface area contributed by atoms with Gasteiger partial charge >= 0.3 is 6.03 Å². The summed E-state index contributed by atoms with van der Waals surface area (Å²) in [5, 5.41) is 0.679. The van der Waals surface area contributed by atoms with E-state index in [1.54, 1.807) is 42.3 Å². The zero-order valence-electron chi connectivity index (χ0n) is 19.8. The van der Waals surface area contributed by atoms with Crippen molar-refractivity contribution in [3.63, 3.8) is 0 Å². The summed E-state index contributed by atoms with van der Waals surface area (Å²) in [6, 6.07) is 21.5. The minimum atomic E-state index is -0.565. The molecule has 2 N–H and O–H groups in total. The fraction of sp³-hybridized carbons (Fsp3) is 0.179. The van der Waals surface area contributed by atoms with E-state index in [1.165, 1.54) is 4.90 Å². The highest BCUT2D eigenvalue weighted by molar-refractivity contribution is 6.10. The van der Waals surface area contributed by atoms with Crippen molar-refractivity contribution in [2.24, 2.45) is 5.73 Å². The molecule has 36 heavy (non-hydrogen) atoms. The zero-order valence-corrected chi connectivity index (χ0v) is 19.8. The summed E-state index contributed by atoms with van der Waals surface area (Å²) < 4.78 is 11.4. The third kappa shape index (κ3) is 4.40. The lowest BCUT2D eigenvalue weighted by atomic mass is 10.1. The summed E-state index contributed by atoms with van der Waals surface area (Å²) in [5.41, 5.74) is 8.65. The van der Waals surface area contributed by atoms with E-state index in [0.717, 1.165) is 11.1 Å². The Kier molecular flexibility index (Phi) is 6.16. The Morgan fingerprint density at radius 3 is 2.44 bits per heavy atom. The number of ether oxygens (including phenoxy) is 1. The second-order valence-electron chi connectivity index (χ2n) is 8.62. The van der Waals surface area contributed by atoms with Gasteiger partial charge in [-0.05, 0) is 41.5 Å². The number of carbonyl (C=O) groups is 3. The van der Waals surface area contributed by atoms with Crippen molar-refractivity contribution in [3.8, 4) is 5.75 Å². The molecule has 0 unspecified atom stereocenters. The van der Waals surface area contributed by atoms with Crippen LogP contribution in [0.4, 0.5) is 10.5 Å². The van der Waals surface area contributed by atoms with Gasteiger partial charge in [0.15, 0.2) is 0 Å². The maximum absolute atomic E-state index is 13.7. The fourth-order valence-corrected chi connectivity index (χ4v) is 4.45. The van der Waals surface area contributed by atoms with E-state index < -0.39 is 11.9 Å². The van der Waals surface area contributed by atoms with E-state index in [-0.39, 0.29) is 25.4 Å². The van der Waals surface area contributed by atoms with E-state index in [0.29, 0.717) is 40.2 Å². The first-order valence-corrected chi connectivity index (χ1v) is 11.6. The van der Waals surface area contributed by atoms with Gasteiger partial charge in [-0.1, -0.05) is 42.5 Å². The van der Waals surface area contributed by atoms with Gasteiger partial charge in [0.05, 0.1) is 19.3 Å². The van der Waals surface area contributed by atoms with E-state index in [2.05, 4.69) is 0 Å². The molecule has 0 aliphatic carbocycles. The molecule has 4 amide bonds. The van der Waals surface area contributed by atoms with Crippen LogP contribution >= 0.6 is 0 Å². The standard InChI is InChI=1S/C28H25N3O5/c1-35-21-10-7-19(8-11-21)17-31-25(32)13-14-30(28(31)34)26-22-12-9-20(27(29)33)16-23(22)36-24(26)15-18-5-3-2-4-6-18/h2-12,16H,13-15,17H2,1H3,(H2,29,33). The molecule has 8 nitrogen and oxygen atoms in total. The first-order valence-electron chi connectivity index (χ1n) is 11.6. The van der Waals surface area contributed by atoms with Crippen LogP contribution < -0.4 is 15.4 Å². The largest absolute Gasteiger partial charge is 0.497 e. The third-order valence-corrected chi connectivity index (χ3v) is 6.31. The van der Waals surface area contributed by atoms with Crippen LogP contribution in [0.3, 0.4) is 0 Å². The number of imide groups is 1. The number of benzene rings is 3. The van der Waals surface area contributed by atoms with E-state index >= 15 is 0 Å². The first kappa shape index (κ1) is 23.2. The highest BCUT2D eigenvalue weighted by Crippen LogP contribution is 2.38. The van der Waals surface area contributed by atoms with Gasteiger partial charge in [0.1, 0.15) is 17.1 Å². The molecule has 0 bridgehead atoms. The minimum absolute atomic E-state index is 0.147. The van der Waals surface area contributed by atoms with Gasteiger partial charge in [0.25, 0.3) is 0 Å². The Labute approximate surface area is 207 Å². The number of amides is 4. The van der Waals surface area contributed by atoms with E-state index in [9.17, 15) is 14.4 Å². The van der Waals surface area contributed by atoms with Gasteiger partial charge in [-0.3, -0.25) is 19.4 Å². The summed E-state index contributed by atoms with van der Waals surface area (Å²) in [6.07, 6.45) is 0.617. The van der Waals surface area contributed by atoms with Crippen molar-refractivity contribution in [3.05, 3.63) is 95.2 Å². The molecule has 8 heteroatoms. The molecule has 3 aromatic carbocycles. The maximum Gasteiger partial charge on any atom is 0.331 e. The molecule has 4 aromatic rings. The predicted molar refractivity (Wildman–Crippen MR) is 135 cm³/mol. The Hall–Kier alpha value is -4.59. The van der Waals surface area contributed by atoms with Gasteiger partial charge in [0, 0.05) is 30.3 Å². The second kappa shape index (κ2) is 9.58. The number of nitrogens with zero attached hydrogens (tertiary/aromatic N) is 2. The summed E-state index contributed by atoms with van der Waals surface area (Å²) in [4.78, 5) is 41.1. The molecule has 1 saturated heterocycles. The average molecular weight is 484 g/mol. The number of hydrogen-bond acceptors (Lipinski definition) is 5. The molecule has 0 radical (unpaired) electrons. The van der Waals surface area contributed by atoms with Gasteiger partial charge < -0.3 is 14.9 Å². The summed E-state index contributed by atoms with van der Waals surface area (Å²) in [6.45, 7) is 0.374. The van der Waals surface area contributed by atoms with Crippen molar-refractivity contribution in [2.45, 2.75) is 19.4 Å². The second-order valence-corrected chi connectivity index (χ2v) is 8.62. The van der Waals surface area contributed by atoms with Crippen LogP contribution in [0, 0.1) is 0 Å². The molecule has 1 aliphatic rings. The molecule has 5 rings (SSSR count). The first-order chi connectivity index (χ1) is 17.4. The zero-order chi connectivity index (χ0) is 25.2. The number of fused-ring (bicyclic) bond motifs is 1. The van der Waals surface area contributed by atoms with Crippen LogP contribution in [0.25, 0.3) is 11.0 Å². The Morgan fingerprint density at radius 1 is 1.00 bits per heavy atom. The molecule has 1 aliphatic heterocycles. The highest BCUT2D eigenvalue weighted by atomic mass is 16.5. The lowest BCUT2D eigenvalue weighted by Gasteiger charge is -2.34. The molecule has 2 heterocycles. The van der Waals surface area contributed by atoms with Crippen molar-refractivity contribution in [1.29, 1.82) is 0 Å². The number of anilines is 1. The number of methoxy groups -OCH3 is 1. The topological polar surface area (TPSA) is 106 Å². The molecule has 0 saturated carbocycles. The molecule has 182 valence electrons. The normalized spacial score (nSPS) is 13.9. The summed E-state index contributed by atoms with van der Waals surface area (Å²) in [7, 11) is 1.58. The number of hydrogen-bond donors (Lipinski definition) is 1. The predicted octanol–water partition coefficient (Wildman–Crippen LogP) is 4.49. The van der Waals surface area contributed by atoms with E-state index in [4.69, 9.17) is 14.9 Å². The number of furan rings is 1.